The zero-order valence-corrected chi connectivity index (χ0v) is 11.9. The third-order valence-corrected chi connectivity index (χ3v) is 4.37. The summed E-state index contributed by atoms with van der Waals surface area (Å²) in [5.41, 5.74) is 2.35. The minimum absolute atomic E-state index is 0.0116. The van der Waals surface area contributed by atoms with Crippen LogP contribution in [0.4, 0.5) is 0 Å². The van der Waals surface area contributed by atoms with Gasteiger partial charge >= 0.3 is 0 Å². The van der Waals surface area contributed by atoms with Gasteiger partial charge in [-0.3, -0.25) is 4.79 Å². The molecule has 0 atom stereocenters. The lowest BCUT2D eigenvalue weighted by Crippen LogP contribution is -2.01. The minimum atomic E-state index is -0.0116. The maximum atomic E-state index is 12.6. The smallest absolute Gasteiger partial charge is 0.195 e. The first-order valence-corrected chi connectivity index (χ1v) is 7.19. The Bertz CT molecular complexity index is 773. The fourth-order valence-corrected chi connectivity index (χ4v) is 3.36. The van der Waals surface area contributed by atoms with E-state index in [1.165, 1.54) is 0 Å². The molecule has 0 aliphatic carbocycles. The Morgan fingerprint density at radius 1 is 1.11 bits per heavy atom. The quantitative estimate of drug-likeness (QED) is 0.599. The van der Waals surface area contributed by atoms with Crippen molar-refractivity contribution in [3.63, 3.8) is 0 Å². The molecule has 0 saturated carbocycles. The zero-order chi connectivity index (χ0) is 13.4. The van der Waals surface area contributed by atoms with Crippen molar-refractivity contribution in [2.45, 2.75) is 6.92 Å². The van der Waals surface area contributed by atoms with E-state index in [0.29, 0.717) is 10.6 Å². The maximum Gasteiger partial charge on any atom is 0.195 e. The van der Waals surface area contributed by atoms with E-state index >= 15 is 0 Å². The van der Waals surface area contributed by atoms with Crippen LogP contribution in [0.1, 0.15) is 21.5 Å². The molecule has 3 aromatic rings. The third-order valence-electron chi connectivity index (χ3n) is 3.09. The predicted molar refractivity (Wildman–Crippen MR) is 81.4 cm³/mol. The molecule has 3 heteroatoms. The average Bonchev–Trinajstić information content (AvgIpc) is 2.82. The van der Waals surface area contributed by atoms with Gasteiger partial charge in [0.1, 0.15) is 0 Å². The molecule has 0 N–H and O–H groups in total. The van der Waals surface area contributed by atoms with Crippen molar-refractivity contribution in [1.82, 2.24) is 0 Å². The van der Waals surface area contributed by atoms with Crippen molar-refractivity contribution in [2.75, 3.05) is 0 Å². The van der Waals surface area contributed by atoms with Gasteiger partial charge in [0.2, 0.25) is 0 Å². The van der Waals surface area contributed by atoms with Crippen molar-refractivity contribution >= 4 is 38.8 Å². The Kier molecular flexibility index (Phi) is 3.13. The summed E-state index contributed by atoms with van der Waals surface area (Å²) in [6, 6.07) is 13.5. The molecule has 94 valence electrons. The van der Waals surface area contributed by atoms with E-state index in [0.717, 1.165) is 21.2 Å². The van der Waals surface area contributed by atoms with Gasteiger partial charge in [-0.05, 0) is 30.7 Å². The Hall–Kier alpha value is -1.64. The highest BCUT2D eigenvalue weighted by Crippen LogP contribution is 2.29. The summed E-state index contributed by atoms with van der Waals surface area (Å²) in [7, 11) is 0. The van der Waals surface area contributed by atoms with Gasteiger partial charge in [0.05, 0.1) is 5.02 Å². The molecule has 0 fully saturated rings. The maximum absolute atomic E-state index is 12.6. The van der Waals surface area contributed by atoms with E-state index in [4.69, 9.17) is 11.6 Å². The summed E-state index contributed by atoms with van der Waals surface area (Å²) in [4.78, 5) is 12.6. The lowest BCUT2D eigenvalue weighted by atomic mass is 10.0. The molecule has 19 heavy (non-hydrogen) atoms. The number of thiophene rings is 1. The molecule has 0 saturated heterocycles. The number of ketones is 1. The van der Waals surface area contributed by atoms with Crippen LogP contribution >= 0.6 is 22.9 Å². The molecule has 0 spiro atoms. The normalized spacial score (nSPS) is 10.8. The van der Waals surface area contributed by atoms with Crippen molar-refractivity contribution < 1.29 is 4.79 Å². The lowest BCUT2D eigenvalue weighted by molar-refractivity contribution is 0.104. The predicted octanol–water partition coefficient (Wildman–Crippen LogP) is 5.09. The van der Waals surface area contributed by atoms with Crippen molar-refractivity contribution in [3.8, 4) is 0 Å². The molecule has 0 amide bonds. The van der Waals surface area contributed by atoms with Gasteiger partial charge in [-0.1, -0.05) is 35.9 Å². The van der Waals surface area contributed by atoms with Gasteiger partial charge in [-0.2, -0.15) is 0 Å². The Morgan fingerprint density at radius 2 is 1.89 bits per heavy atom. The van der Waals surface area contributed by atoms with E-state index in [1.807, 2.05) is 48.7 Å². The lowest BCUT2D eigenvalue weighted by Gasteiger charge is -2.04. The summed E-state index contributed by atoms with van der Waals surface area (Å²) in [6.07, 6.45) is 0. The van der Waals surface area contributed by atoms with Crippen molar-refractivity contribution in [3.05, 3.63) is 69.6 Å². The highest BCUT2D eigenvalue weighted by molar-refractivity contribution is 7.17. The van der Waals surface area contributed by atoms with E-state index < -0.39 is 0 Å². The van der Waals surface area contributed by atoms with Crippen molar-refractivity contribution in [2.24, 2.45) is 0 Å². The molecule has 1 nitrogen and oxygen atoms in total. The highest BCUT2D eigenvalue weighted by Gasteiger charge is 2.16. The topological polar surface area (TPSA) is 17.1 Å². The number of rotatable bonds is 2. The van der Waals surface area contributed by atoms with Crippen LogP contribution in [-0.2, 0) is 0 Å². The van der Waals surface area contributed by atoms with Gasteiger partial charge in [-0.25, -0.2) is 0 Å². The molecular weight excluding hydrogens is 276 g/mol. The van der Waals surface area contributed by atoms with E-state index in [1.54, 1.807) is 17.4 Å². The van der Waals surface area contributed by atoms with Crippen LogP contribution in [0.3, 0.4) is 0 Å². The monoisotopic (exact) mass is 286 g/mol. The minimum Gasteiger partial charge on any atom is -0.289 e. The first-order valence-electron chi connectivity index (χ1n) is 5.94. The van der Waals surface area contributed by atoms with Crippen LogP contribution in [0, 0.1) is 6.92 Å². The van der Waals surface area contributed by atoms with Crippen LogP contribution in [0.2, 0.25) is 5.02 Å². The molecular formula is C16H11ClOS. The second kappa shape index (κ2) is 4.80. The molecule has 0 radical (unpaired) electrons. The second-order valence-electron chi connectivity index (χ2n) is 4.46. The highest BCUT2D eigenvalue weighted by atomic mass is 35.5. The molecule has 3 rings (SSSR count). The first-order chi connectivity index (χ1) is 9.16. The summed E-state index contributed by atoms with van der Waals surface area (Å²) in [6.45, 7) is 1.96. The number of hydrogen-bond donors (Lipinski definition) is 0. The van der Waals surface area contributed by atoms with Gasteiger partial charge in [0.25, 0.3) is 0 Å². The fraction of sp³-hybridized carbons (Fsp3) is 0.0625. The van der Waals surface area contributed by atoms with Gasteiger partial charge in [-0.15, -0.1) is 11.3 Å². The molecule has 0 aliphatic heterocycles. The first kappa shape index (κ1) is 12.4. The number of halogens is 1. The van der Waals surface area contributed by atoms with Crippen LogP contribution in [0.25, 0.3) is 10.1 Å². The van der Waals surface area contributed by atoms with Crippen LogP contribution in [-0.4, -0.2) is 5.78 Å². The third kappa shape index (κ3) is 2.18. The summed E-state index contributed by atoms with van der Waals surface area (Å²) >= 11 is 7.76. The summed E-state index contributed by atoms with van der Waals surface area (Å²) < 4.78 is 1.12. The molecule has 0 bridgehead atoms. The van der Waals surface area contributed by atoms with Crippen LogP contribution in [0.5, 0.6) is 0 Å². The average molecular weight is 287 g/mol. The molecule has 1 heterocycles. The summed E-state index contributed by atoms with van der Waals surface area (Å²) in [5.74, 6) is -0.0116. The number of aryl methyl sites for hydroxylation is 1. The largest absolute Gasteiger partial charge is 0.289 e. The Balaban J connectivity index is 2.13. The fourth-order valence-electron chi connectivity index (χ4n) is 2.10. The van der Waals surface area contributed by atoms with Gasteiger partial charge in [0.15, 0.2) is 5.78 Å². The Labute approximate surface area is 120 Å². The SMILES string of the molecule is Cc1ccc(C(=O)c2csc3ccccc23)c(Cl)c1. The van der Waals surface area contributed by atoms with Gasteiger partial charge < -0.3 is 0 Å². The van der Waals surface area contributed by atoms with Gasteiger partial charge in [0, 0.05) is 26.6 Å². The molecule has 1 aromatic heterocycles. The molecule has 0 aliphatic rings. The standard InChI is InChI=1S/C16H11ClOS/c1-10-6-7-12(14(17)8-10)16(18)13-9-19-15-5-3-2-4-11(13)15/h2-9H,1H3. The van der Waals surface area contributed by atoms with E-state index in [-0.39, 0.29) is 5.78 Å². The second-order valence-corrected chi connectivity index (χ2v) is 5.78. The zero-order valence-electron chi connectivity index (χ0n) is 10.3. The molecule has 0 unspecified atom stereocenters. The number of fused-ring (bicyclic) bond motifs is 1. The summed E-state index contributed by atoms with van der Waals surface area (Å²) in [5, 5.41) is 3.41. The number of benzene rings is 2. The van der Waals surface area contributed by atoms with Crippen LogP contribution < -0.4 is 0 Å². The number of carbonyl (C=O) groups is 1. The molecule has 2 aromatic carbocycles. The number of carbonyl (C=O) groups excluding carboxylic acids is 1. The van der Waals surface area contributed by atoms with Crippen LogP contribution in [0.15, 0.2) is 47.8 Å². The van der Waals surface area contributed by atoms with E-state index in [2.05, 4.69) is 0 Å². The van der Waals surface area contributed by atoms with E-state index in [9.17, 15) is 4.79 Å². The number of hydrogen-bond acceptors (Lipinski definition) is 2. The van der Waals surface area contributed by atoms with Crippen molar-refractivity contribution in [1.29, 1.82) is 0 Å². The Morgan fingerprint density at radius 3 is 2.68 bits per heavy atom.